The number of halogens is 1. The predicted molar refractivity (Wildman–Crippen MR) is 125 cm³/mol. The van der Waals surface area contributed by atoms with E-state index in [1.165, 1.54) is 22.6 Å². The van der Waals surface area contributed by atoms with E-state index in [4.69, 9.17) is 11.6 Å². The van der Waals surface area contributed by atoms with Crippen LogP contribution < -0.4 is 9.30 Å². The minimum absolute atomic E-state index is 0.180. The molecule has 0 saturated carbocycles. The van der Waals surface area contributed by atoms with Gasteiger partial charge in [-0.2, -0.15) is 4.99 Å². The molecule has 1 aliphatic rings. The van der Waals surface area contributed by atoms with Crippen molar-refractivity contribution in [1.29, 1.82) is 0 Å². The molecule has 6 heteroatoms. The summed E-state index contributed by atoms with van der Waals surface area (Å²) in [7, 11) is 2.01. The van der Waals surface area contributed by atoms with Gasteiger partial charge >= 0.3 is 5.90 Å². The monoisotopic (exact) mass is 441 g/mol. The highest BCUT2D eigenvalue weighted by Gasteiger charge is 2.15. The molecule has 2 N–H and O–H groups in total. The van der Waals surface area contributed by atoms with Crippen LogP contribution in [0.2, 0.25) is 5.02 Å². The first-order valence-electron chi connectivity index (χ1n) is 9.45. The van der Waals surface area contributed by atoms with E-state index in [0.29, 0.717) is 0 Å². The molecule has 0 aliphatic carbocycles. The zero-order valence-corrected chi connectivity index (χ0v) is 18.4. The molecule has 0 radical (unpaired) electrons. The van der Waals surface area contributed by atoms with E-state index in [-0.39, 0.29) is 5.90 Å². The molecule has 29 heavy (non-hydrogen) atoms. The summed E-state index contributed by atoms with van der Waals surface area (Å²) in [6.45, 7) is 0. The van der Waals surface area contributed by atoms with Crippen molar-refractivity contribution < 1.29 is 10.1 Å². The van der Waals surface area contributed by atoms with E-state index < -0.39 is 0 Å². The largest absolute Gasteiger partial charge is 0.459 e. The van der Waals surface area contributed by atoms with Crippen LogP contribution in [-0.2, 0) is 6.42 Å². The standard InChI is InChI=1S/C23H21ClN2OS2/c1-26(20-6-2-5-18(24)15-20)29-21-10-8-19(9-11-21)25-23(27)17-7-12-22-16(14-17)4-3-13-28-22/h2,5-12,14-15H,3-4,13H2,1H3,(H,25,27)/p+1. The second-order valence-corrected chi connectivity index (χ2v) is 9.62. The van der Waals surface area contributed by atoms with Gasteiger partial charge in [0, 0.05) is 39.7 Å². The van der Waals surface area contributed by atoms with Crippen molar-refractivity contribution in [3.63, 3.8) is 0 Å². The minimum atomic E-state index is 0.180. The number of nitrogens with one attached hydrogen (secondary N) is 1. The number of benzene rings is 3. The summed E-state index contributed by atoms with van der Waals surface area (Å²) in [5, 5.41) is 11.3. The van der Waals surface area contributed by atoms with Gasteiger partial charge in [0.05, 0.1) is 5.56 Å². The first-order chi connectivity index (χ1) is 14.1. The lowest BCUT2D eigenvalue weighted by Gasteiger charge is -2.17. The highest BCUT2D eigenvalue weighted by atomic mass is 35.5. The van der Waals surface area contributed by atoms with Crippen molar-refractivity contribution in [3.05, 3.63) is 82.9 Å². The van der Waals surface area contributed by atoms with Gasteiger partial charge in [0.1, 0.15) is 0 Å². The normalized spacial score (nSPS) is 13.8. The first kappa shape index (κ1) is 20.2. The molecular weight excluding hydrogens is 420 g/mol. The number of hydrogen-bond acceptors (Lipinski definition) is 3. The van der Waals surface area contributed by atoms with E-state index >= 15 is 0 Å². The molecule has 4 rings (SSSR count). The molecule has 0 aromatic heterocycles. The van der Waals surface area contributed by atoms with Crippen LogP contribution in [0, 0.1) is 0 Å². The van der Waals surface area contributed by atoms with Gasteiger partial charge in [-0.05, 0) is 84.6 Å². The van der Waals surface area contributed by atoms with Crippen molar-refractivity contribution in [2.45, 2.75) is 22.6 Å². The zero-order chi connectivity index (χ0) is 20.2. The third kappa shape index (κ3) is 5.10. The maximum Gasteiger partial charge on any atom is 0.371 e. The summed E-state index contributed by atoms with van der Waals surface area (Å²) in [5.41, 5.74) is 4.04. The third-order valence-corrected chi connectivity index (χ3v) is 7.12. The molecule has 1 heterocycles. The smallest absolute Gasteiger partial charge is 0.371 e. The Bertz CT molecular complexity index is 1040. The maximum absolute atomic E-state index is 10.5. The Morgan fingerprint density at radius 1 is 1.10 bits per heavy atom. The maximum atomic E-state index is 10.5. The molecule has 1 aliphatic heterocycles. The number of anilines is 1. The van der Waals surface area contributed by atoms with Crippen LogP contribution in [0.5, 0.6) is 0 Å². The fourth-order valence-corrected chi connectivity index (χ4v) is 5.20. The van der Waals surface area contributed by atoms with E-state index in [0.717, 1.165) is 33.3 Å². The lowest BCUT2D eigenvalue weighted by molar-refractivity contribution is -0.364. The van der Waals surface area contributed by atoms with Crippen LogP contribution in [0.25, 0.3) is 0 Å². The van der Waals surface area contributed by atoms with Gasteiger partial charge < -0.3 is 9.41 Å². The van der Waals surface area contributed by atoms with E-state index in [1.54, 1.807) is 11.9 Å². The van der Waals surface area contributed by atoms with E-state index in [2.05, 4.69) is 21.4 Å². The molecule has 0 spiro atoms. The van der Waals surface area contributed by atoms with Crippen molar-refractivity contribution in [2.24, 2.45) is 0 Å². The average Bonchev–Trinajstić information content (AvgIpc) is 2.74. The van der Waals surface area contributed by atoms with Crippen molar-refractivity contribution in [2.75, 3.05) is 17.1 Å². The highest BCUT2D eigenvalue weighted by Crippen LogP contribution is 2.31. The fraction of sp³-hybridized carbons (Fsp3) is 0.174. The topological polar surface area (TPSA) is 37.4 Å². The quantitative estimate of drug-likeness (QED) is 0.322. The number of nitrogens with zero attached hydrogens (tertiary/aromatic N) is 1. The van der Waals surface area contributed by atoms with Gasteiger partial charge in [0.25, 0.3) is 0 Å². The lowest BCUT2D eigenvalue weighted by Crippen LogP contribution is -2.66. The van der Waals surface area contributed by atoms with Crippen LogP contribution in [0.15, 0.2) is 76.5 Å². The molecule has 0 amide bonds. The summed E-state index contributed by atoms with van der Waals surface area (Å²) < 4.78 is 2.07. The molecule has 0 fully saturated rings. The molecule has 0 bridgehead atoms. The minimum Gasteiger partial charge on any atom is -0.459 e. The number of thioether (sulfide) groups is 1. The summed E-state index contributed by atoms with van der Waals surface area (Å²) >= 11 is 9.59. The van der Waals surface area contributed by atoms with Gasteiger partial charge in [-0.25, -0.2) is 0 Å². The number of fused-ring (bicyclic) bond motifs is 1. The van der Waals surface area contributed by atoms with Crippen molar-refractivity contribution in [1.82, 2.24) is 0 Å². The number of aryl methyl sites for hydroxylation is 1. The molecule has 148 valence electrons. The molecule has 0 atom stereocenters. The van der Waals surface area contributed by atoms with Crippen LogP contribution >= 0.6 is 35.3 Å². The molecular formula is C23H22ClN2OS2+. The van der Waals surface area contributed by atoms with E-state index in [1.807, 2.05) is 73.4 Å². The summed E-state index contributed by atoms with van der Waals surface area (Å²) in [5.74, 6) is 1.36. The number of hydrogen-bond donors (Lipinski definition) is 2. The molecule has 3 aromatic rings. The number of aliphatic hydroxyl groups excluding tert-OH is 1. The summed E-state index contributed by atoms with van der Waals surface area (Å²) in [4.78, 5) is 5.54. The second kappa shape index (κ2) is 9.16. The lowest BCUT2D eigenvalue weighted by atomic mass is 10.1. The van der Waals surface area contributed by atoms with Gasteiger partial charge in [-0.3, -0.25) is 0 Å². The Hall–Kier alpha value is -2.08. The van der Waals surface area contributed by atoms with Gasteiger partial charge in [-0.1, -0.05) is 17.7 Å². The van der Waals surface area contributed by atoms with Crippen LogP contribution in [0.4, 0.5) is 11.4 Å². The molecule has 3 nitrogen and oxygen atoms in total. The summed E-state index contributed by atoms with van der Waals surface area (Å²) in [6, 6.07) is 22.0. The zero-order valence-electron chi connectivity index (χ0n) is 16.1. The Kier molecular flexibility index (Phi) is 6.38. The van der Waals surface area contributed by atoms with Crippen LogP contribution in [0.3, 0.4) is 0 Å². The Morgan fingerprint density at radius 2 is 1.93 bits per heavy atom. The van der Waals surface area contributed by atoms with Crippen molar-refractivity contribution >= 4 is 52.6 Å². The average molecular weight is 442 g/mol. The van der Waals surface area contributed by atoms with E-state index in [9.17, 15) is 5.11 Å². The highest BCUT2D eigenvalue weighted by molar-refractivity contribution is 8.00. The van der Waals surface area contributed by atoms with Gasteiger partial charge in [0.15, 0.2) is 0 Å². The summed E-state index contributed by atoms with van der Waals surface area (Å²) in [6.07, 6.45) is 2.27. The predicted octanol–water partition coefficient (Wildman–Crippen LogP) is 5.24. The molecule has 3 aromatic carbocycles. The Morgan fingerprint density at radius 3 is 2.72 bits per heavy atom. The number of rotatable bonds is 5. The fourth-order valence-electron chi connectivity index (χ4n) is 3.20. The van der Waals surface area contributed by atoms with Crippen LogP contribution in [-0.4, -0.2) is 23.8 Å². The molecule has 0 unspecified atom stereocenters. The Labute approximate surface area is 184 Å². The van der Waals surface area contributed by atoms with Gasteiger partial charge in [-0.15, -0.1) is 11.8 Å². The van der Waals surface area contributed by atoms with Crippen LogP contribution in [0.1, 0.15) is 17.5 Å². The SMILES string of the molecule is CN(Sc1ccc([NH+]=C(O)c2ccc3c(c2)CCCS3)cc1)c1cccc(Cl)c1. The third-order valence-electron chi connectivity index (χ3n) is 4.71. The first-order valence-corrected chi connectivity index (χ1v) is 11.6. The second-order valence-electron chi connectivity index (χ2n) is 6.84. The van der Waals surface area contributed by atoms with Crippen molar-refractivity contribution in [3.8, 4) is 0 Å². The van der Waals surface area contributed by atoms with Gasteiger partial charge in [0.2, 0.25) is 5.69 Å². The molecule has 0 saturated heterocycles. The Balaban J connectivity index is 1.46. The number of aliphatic hydroxyl groups is 1.